The highest BCUT2D eigenvalue weighted by atomic mass is 16.6. The molecule has 2 nitrogen and oxygen atoms in total. The molecule has 0 spiro atoms. The van der Waals surface area contributed by atoms with Crippen molar-refractivity contribution >= 4 is 0 Å². The van der Waals surface area contributed by atoms with Crippen LogP contribution in [0, 0.1) is 0 Å². The number of rotatable bonds is 8. The Kier molecular flexibility index (Phi) is 5.87. The van der Waals surface area contributed by atoms with Crippen LogP contribution in [0.3, 0.4) is 0 Å². The van der Waals surface area contributed by atoms with E-state index < -0.39 is 0 Å². The number of unbranched alkanes of at least 4 members (excludes halogenated alkanes) is 3. The molecule has 1 aliphatic heterocycles. The molecule has 0 aromatic rings. The lowest BCUT2D eigenvalue weighted by molar-refractivity contribution is 0.140. The zero-order chi connectivity index (χ0) is 9.36. The van der Waals surface area contributed by atoms with E-state index in [0.717, 1.165) is 19.8 Å². The van der Waals surface area contributed by atoms with Gasteiger partial charge in [-0.25, -0.2) is 0 Å². The van der Waals surface area contributed by atoms with E-state index in [1.807, 2.05) is 0 Å². The van der Waals surface area contributed by atoms with Crippen LogP contribution >= 0.6 is 0 Å². The largest absolute Gasteiger partial charge is 0.375 e. The SMILES string of the molecule is CCCCCC=CCOCC1CO1. The van der Waals surface area contributed by atoms with Gasteiger partial charge in [0.2, 0.25) is 0 Å². The summed E-state index contributed by atoms with van der Waals surface area (Å²) < 4.78 is 10.4. The minimum absolute atomic E-state index is 0.397. The quantitative estimate of drug-likeness (QED) is 0.328. The summed E-state index contributed by atoms with van der Waals surface area (Å²) in [5.74, 6) is 0. The van der Waals surface area contributed by atoms with E-state index >= 15 is 0 Å². The van der Waals surface area contributed by atoms with E-state index in [1.165, 1.54) is 25.7 Å². The van der Waals surface area contributed by atoms with Gasteiger partial charge in [-0.1, -0.05) is 31.9 Å². The van der Waals surface area contributed by atoms with Crippen LogP contribution in [0.15, 0.2) is 12.2 Å². The zero-order valence-corrected chi connectivity index (χ0v) is 8.50. The van der Waals surface area contributed by atoms with Gasteiger partial charge in [-0.05, 0) is 12.8 Å². The summed E-state index contributed by atoms with van der Waals surface area (Å²) in [5.41, 5.74) is 0. The summed E-state index contributed by atoms with van der Waals surface area (Å²) >= 11 is 0. The van der Waals surface area contributed by atoms with Crippen LogP contribution in [-0.2, 0) is 9.47 Å². The topological polar surface area (TPSA) is 21.8 Å². The predicted molar refractivity (Wildman–Crippen MR) is 53.8 cm³/mol. The van der Waals surface area contributed by atoms with Crippen molar-refractivity contribution < 1.29 is 9.47 Å². The highest BCUT2D eigenvalue weighted by Crippen LogP contribution is 2.08. The number of ether oxygens (including phenoxy) is 2. The molecular weight excluding hydrogens is 164 g/mol. The van der Waals surface area contributed by atoms with Crippen molar-refractivity contribution in [3.63, 3.8) is 0 Å². The average Bonchev–Trinajstić information content (AvgIpc) is 2.93. The van der Waals surface area contributed by atoms with Crippen molar-refractivity contribution in [1.82, 2.24) is 0 Å². The first-order valence-corrected chi connectivity index (χ1v) is 5.28. The maximum atomic E-state index is 5.35. The van der Waals surface area contributed by atoms with E-state index in [-0.39, 0.29) is 0 Å². The standard InChI is InChI=1S/C11H20O2/c1-2-3-4-5-6-7-8-12-9-11-10-13-11/h6-7,11H,2-5,8-10H2,1H3. The molecule has 1 atom stereocenters. The monoisotopic (exact) mass is 184 g/mol. The molecule has 0 amide bonds. The van der Waals surface area contributed by atoms with Crippen molar-refractivity contribution in [3.05, 3.63) is 12.2 Å². The molecular formula is C11H20O2. The maximum Gasteiger partial charge on any atom is 0.104 e. The molecule has 0 N–H and O–H groups in total. The van der Waals surface area contributed by atoms with Gasteiger partial charge in [0, 0.05) is 0 Å². The van der Waals surface area contributed by atoms with Crippen molar-refractivity contribution in [1.29, 1.82) is 0 Å². The van der Waals surface area contributed by atoms with Crippen LogP contribution in [-0.4, -0.2) is 25.9 Å². The molecule has 0 radical (unpaired) electrons. The molecule has 1 aliphatic rings. The van der Waals surface area contributed by atoms with Gasteiger partial charge in [0.15, 0.2) is 0 Å². The Morgan fingerprint density at radius 2 is 2.23 bits per heavy atom. The van der Waals surface area contributed by atoms with Gasteiger partial charge >= 0.3 is 0 Å². The van der Waals surface area contributed by atoms with Gasteiger partial charge in [0.1, 0.15) is 6.10 Å². The van der Waals surface area contributed by atoms with E-state index in [4.69, 9.17) is 9.47 Å². The van der Waals surface area contributed by atoms with E-state index in [1.54, 1.807) is 0 Å². The van der Waals surface area contributed by atoms with Gasteiger partial charge in [-0.15, -0.1) is 0 Å². The Morgan fingerprint density at radius 1 is 1.38 bits per heavy atom. The van der Waals surface area contributed by atoms with Crippen LogP contribution in [0.5, 0.6) is 0 Å². The molecule has 1 saturated heterocycles. The Bertz CT molecular complexity index is 139. The lowest BCUT2D eigenvalue weighted by atomic mass is 10.2. The Morgan fingerprint density at radius 3 is 2.92 bits per heavy atom. The van der Waals surface area contributed by atoms with Crippen LogP contribution in [0.1, 0.15) is 32.6 Å². The predicted octanol–water partition coefficient (Wildman–Crippen LogP) is 2.54. The lowest BCUT2D eigenvalue weighted by Crippen LogP contribution is -2.00. The first-order valence-electron chi connectivity index (χ1n) is 5.28. The summed E-state index contributed by atoms with van der Waals surface area (Å²) in [6, 6.07) is 0. The van der Waals surface area contributed by atoms with Crippen LogP contribution in [0.4, 0.5) is 0 Å². The van der Waals surface area contributed by atoms with Crippen LogP contribution in [0.2, 0.25) is 0 Å². The second-order valence-electron chi connectivity index (χ2n) is 3.46. The first-order chi connectivity index (χ1) is 6.43. The summed E-state index contributed by atoms with van der Waals surface area (Å²) in [4.78, 5) is 0. The second-order valence-corrected chi connectivity index (χ2v) is 3.46. The molecule has 0 aromatic heterocycles. The first kappa shape index (κ1) is 10.7. The highest BCUT2D eigenvalue weighted by Gasteiger charge is 2.21. The second kappa shape index (κ2) is 7.10. The molecule has 2 heteroatoms. The van der Waals surface area contributed by atoms with Gasteiger partial charge in [-0.3, -0.25) is 0 Å². The fourth-order valence-corrected chi connectivity index (χ4v) is 1.13. The molecule has 0 bridgehead atoms. The van der Waals surface area contributed by atoms with E-state index in [9.17, 15) is 0 Å². The van der Waals surface area contributed by atoms with Gasteiger partial charge in [0.05, 0.1) is 19.8 Å². The number of hydrogen-bond donors (Lipinski definition) is 0. The Balaban J connectivity index is 1.75. The normalized spacial score (nSPS) is 21.2. The minimum Gasteiger partial charge on any atom is -0.375 e. The zero-order valence-electron chi connectivity index (χ0n) is 8.50. The maximum absolute atomic E-state index is 5.35. The minimum atomic E-state index is 0.397. The molecule has 13 heavy (non-hydrogen) atoms. The number of allylic oxidation sites excluding steroid dienone is 1. The van der Waals surface area contributed by atoms with Gasteiger partial charge in [0.25, 0.3) is 0 Å². The van der Waals surface area contributed by atoms with Gasteiger partial charge in [-0.2, -0.15) is 0 Å². The van der Waals surface area contributed by atoms with Gasteiger partial charge < -0.3 is 9.47 Å². The number of hydrogen-bond acceptors (Lipinski definition) is 2. The molecule has 1 rings (SSSR count). The van der Waals surface area contributed by atoms with Crippen molar-refractivity contribution in [3.8, 4) is 0 Å². The third-order valence-corrected chi connectivity index (χ3v) is 2.06. The summed E-state index contributed by atoms with van der Waals surface area (Å²) in [6.07, 6.45) is 9.84. The van der Waals surface area contributed by atoms with Crippen LogP contribution < -0.4 is 0 Å². The van der Waals surface area contributed by atoms with Crippen molar-refractivity contribution in [2.24, 2.45) is 0 Å². The molecule has 0 aliphatic carbocycles. The van der Waals surface area contributed by atoms with E-state index in [0.29, 0.717) is 6.10 Å². The summed E-state index contributed by atoms with van der Waals surface area (Å²) in [7, 11) is 0. The lowest BCUT2D eigenvalue weighted by Gasteiger charge is -1.95. The fraction of sp³-hybridized carbons (Fsp3) is 0.818. The molecule has 1 heterocycles. The molecule has 1 fully saturated rings. The summed E-state index contributed by atoms with van der Waals surface area (Å²) in [6.45, 7) is 4.62. The molecule has 0 aromatic carbocycles. The Hall–Kier alpha value is -0.340. The third kappa shape index (κ3) is 6.79. The number of epoxide rings is 1. The van der Waals surface area contributed by atoms with Crippen molar-refractivity contribution in [2.45, 2.75) is 38.7 Å². The fourth-order valence-electron chi connectivity index (χ4n) is 1.13. The van der Waals surface area contributed by atoms with Crippen LogP contribution in [0.25, 0.3) is 0 Å². The molecule has 76 valence electrons. The highest BCUT2D eigenvalue weighted by molar-refractivity contribution is 4.81. The third-order valence-electron chi connectivity index (χ3n) is 2.06. The van der Waals surface area contributed by atoms with E-state index in [2.05, 4.69) is 19.1 Å². The summed E-state index contributed by atoms with van der Waals surface area (Å²) in [5, 5.41) is 0. The smallest absolute Gasteiger partial charge is 0.104 e. The Labute approximate surface area is 80.9 Å². The average molecular weight is 184 g/mol. The van der Waals surface area contributed by atoms with Crippen molar-refractivity contribution in [2.75, 3.05) is 19.8 Å². The molecule has 1 unspecified atom stereocenters. The molecule has 0 saturated carbocycles.